The Morgan fingerprint density at radius 1 is 1.07 bits per heavy atom. The summed E-state index contributed by atoms with van der Waals surface area (Å²) in [7, 11) is 3.27. The molecule has 0 bridgehead atoms. The molecule has 0 amide bonds. The van der Waals surface area contributed by atoms with E-state index in [9.17, 15) is 0 Å². The molecule has 3 aromatic rings. The number of anilines is 1. The van der Waals surface area contributed by atoms with Crippen LogP contribution in [-0.2, 0) is 11.2 Å². The van der Waals surface area contributed by atoms with Crippen molar-refractivity contribution in [1.82, 2.24) is 9.97 Å². The molecular weight excluding hydrogens is 450 g/mol. The summed E-state index contributed by atoms with van der Waals surface area (Å²) in [4.78, 5) is 11.6. The van der Waals surface area contributed by atoms with E-state index in [0.717, 1.165) is 45.6 Å². The maximum absolute atomic E-state index is 5.96. The molecule has 1 aromatic heterocycles. The number of hydrogen-bond acceptors (Lipinski definition) is 7. The van der Waals surface area contributed by atoms with Gasteiger partial charge in [-0.25, -0.2) is 0 Å². The highest BCUT2D eigenvalue weighted by atomic mass is 79.9. The van der Waals surface area contributed by atoms with Gasteiger partial charge < -0.3 is 23.8 Å². The van der Waals surface area contributed by atoms with Crippen LogP contribution in [0.25, 0.3) is 10.9 Å². The van der Waals surface area contributed by atoms with E-state index in [1.165, 1.54) is 0 Å². The van der Waals surface area contributed by atoms with Crippen LogP contribution in [-0.4, -0.2) is 57.1 Å². The van der Waals surface area contributed by atoms with Gasteiger partial charge >= 0.3 is 6.01 Å². The van der Waals surface area contributed by atoms with Gasteiger partial charge in [-0.05, 0) is 24.3 Å². The lowest BCUT2D eigenvalue weighted by Gasteiger charge is -2.28. The van der Waals surface area contributed by atoms with Crippen LogP contribution in [0.4, 0.5) is 5.82 Å². The number of nitrogens with zero attached hydrogens (tertiary/aromatic N) is 3. The Kier molecular flexibility index (Phi) is 6.54. The normalized spacial score (nSPS) is 14.0. The molecule has 0 unspecified atom stereocenters. The third-order valence-corrected chi connectivity index (χ3v) is 5.51. The summed E-state index contributed by atoms with van der Waals surface area (Å²) in [5.41, 5.74) is 1.86. The van der Waals surface area contributed by atoms with Gasteiger partial charge in [0.15, 0.2) is 11.5 Å². The Bertz CT molecular complexity index is 1020. The van der Waals surface area contributed by atoms with Crippen molar-refractivity contribution in [2.24, 2.45) is 0 Å². The highest BCUT2D eigenvalue weighted by Crippen LogP contribution is 2.32. The molecule has 0 radical (unpaired) electrons. The number of ether oxygens (including phenoxy) is 4. The molecule has 0 aliphatic carbocycles. The van der Waals surface area contributed by atoms with Crippen molar-refractivity contribution >= 4 is 32.7 Å². The molecule has 30 heavy (non-hydrogen) atoms. The molecule has 4 rings (SSSR count). The number of aromatic nitrogens is 2. The van der Waals surface area contributed by atoms with E-state index in [-0.39, 0.29) is 0 Å². The molecule has 158 valence electrons. The van der Waals surface area contributed by atoms with Crippen LogP contribution >= 0.6 is 15.9 Å². The van der Waals surface area contributed by atoms with E-state index in [4.69, 9.17) is 23.9 Å². The smallest absolute Gasteiger partial charge is 0.318 e. The summed E-state index contributed by atoms with van der Waals surface area (Å²) < 4.78 is 23.3. The first-order chi connectivity index (χ1) is 14.7. The molecule has 0 spiro atoms. The van der Waals surface area contributed by atoms with E-state index in [1.54, 1.807) is 14.2 Å². The summed E-state index contributed by atoms with van der Waals surface area (Å²) in [5, 5.41) is 0.994. The predicted molar refractivity (Wildman–Crippen MR) is 119 cm³/mol. The third kappa shape index (κ3) is 4.44. The van der Waals surface area contributed by atoms with Gasteiger partial charge in [0, 0.05) is 34.9 Å². The SMILES string of the molecule is COc1cccc(CCOc2nc(N3CCOCC3)c3cc(Br)ccc3n2)c1OC. The zero-order chi connectivity index (χ0) is 20.9. The van der Waals surface area contributed by atoms with Crippen LogP contribution in [0.5, 0.6) is 17.5 Å². The Balaban J connectivity index is 1.57. The molecule has 1 fully saturated rings. The van der Waals surface area contributed by atoms with Gasteiger partial charge in [-0.3, -0.25) is 0 Å². The molecular formula is C22H24BrN3O4. The van der Waals surface area contributed by atoms with E-state index >= 15 is 0 Å². The molecule has 2 heterocycles. The maximum Gasteiger partial charge on any atom is 0.318 e. The quantitative estimate of drug-likeness (QED) is 0.515. The number of rotatable bonds is 7. The summed E-state index contributed by atoms with van der Waals surface area (Å²) in [5.74, 6) is 2.30. The molecule has 0 N–H and O–H groups in total. The first-order valence-electron chi connectivity index (χ1n) is 9.82. The van der Waals surface area contributed by atoms with Crippen LogP contribution in [0.15, 0.2) is 40.9 Å². The fourth-order valence-corrected chi connectivity index (χ4v) is 3.91. The molecule has 7 nitrogen and oxygen atoms in total. The van der Waals surface area contributed by atoms with Gasteiger partial charge in [-0.1, -0.05) is 28.1 Å². The standard InChI is InChI=1S/C22H24BrN3O4/c1-27-19-5-3-4-15(20(19)28-2)8-11-30-22-24-18-7-6-16(23)14-17(18)21(25-22)26-9-12-29-13-10-26/h3-7,14H,8-13H2,1-2H3. The molecule has 1 aliphatic rings. The molecule has 1 aliphatic heterocycles. The molecule has 0 saturated carbocycles. The van der Waals surface area contributed by atoms with Gasteiger partial charge in [0.2, 0.25) is 0 Å². The Hall–Kier alpha value is -2.58. The predicted octanol–water partition coefficient (Wildman–Crippen LogP) is 3.87. The minimum absolute atomic E-state index is 0.369. The molecule has 1 saturated heterocycles. The number of benzene rings is 2. The van der Waals surface area contributed by atoms with E-state index in [2.05, 4.69) is 25.8 Å². The summed E-state index contributed by atoms with van der Waals surface area (Å²) in [6.45, 7) is 3.38. The zero-order valence-electron chi connectivity index (χ0n) is 17.1. The number of morpholine rings is 1. The van der Waals surface area contributed by atoms with Crippen molar-refractivity contribution < 1.29 is 18.9 Å². The summed E-state index contributed by atoms with van der Waals surface area (Å²) >= 11 is 3.55. The second-order valence-corrected chi connectivity index (χ2v) is 7.76. The minimum atomic E-state index is 0.369. The Labute approximate surface area is 184 Å². The topological polar surface area (TPSA) is 65.9 Å². The number of fused-ring (bicyclic) bond motifs is 1. The van der Waals surface area contributed by atoms with Crippen LogP contribution < -0.4 is 19.1 Å². The highest BCUT2D eigenvalue weighted by molar-refractivity contribution is 9.10. The number of para-hydroxylation sites is 1. The van der Waals surface area contributed by atoms with Gasteiger partial charge in [0.1, 0.15) is 5.82 Å². The average Bonchev–Trinajstić information content (AvgIpc) is 2.79. The van der Waals surface area contributed by atoms with Crippen LogP contribution in [0, 0.1) is 0 Å². The lowest BCUT2D eigenvalue weighted by atomic mass is 10.1. The van der Waals surface area contributed by atoms with E-state index in [1.807, 2.05) is 36.4 Å². The molecule has 2 aromatic carbocycles. The molecule has 8 heteroatoms. The summed E-state index contributed by atoms with van der Waals surface area (Å²) in [6.07, 6.45) is 0.648. The first-order valence-corrected chi connectivity index (χ1v) is 10.6. The largest absolute Gasteiger partial charge is 0.493 e. The van der Waals surface area contributed by atoms with Crippen molar-refractivity contribution in [3.8, 4) is 17.5 Å². The maximum atomic E-state index is 5.96. The van der Waals surface area contributed by atoms with Gasteiger partial charge in [-0.15, -0.1) is 0 Å². The lowest BCUT2D eigenvalue weighted by molar-refractivity contribution is 0.122. The summed E-state index contributed by atoms with van der Waals surface area (Å²) in [6, 6.07) is 12.2. The Morgan fingerprint density at radius 2 is 1.90 bits per heavy atom. The van der Waals surface area contributed by atoms with Crippen molar-refractivity contribution in [2.45, 2.75) is 6.42 Å². The monoisotopic (exact) mass is 473 g/mol. The number of halogens is 1. The average molecular weight is 474 g/mol. The zero-order valence-corrected chi connectivity index (χ0v) is 18.6. The van der Waals surface area contributed by atoms with Crippen molar-refractivity contribution in [1.29, 1.82) is 0 Å². The van der Waals surface area contributed by atoms with Crippen molar-refractivity contribution in [2.75, 3.05) is 52.0 Å². The van der Waals surface area contributed by atoms with Gasteiger partial charge in [0.05, 0.1) is 39.6 Å². The second kappa shape index (κ2) is 9.49. The number of methoxy groups -OCH3 is 2. The van der Waals surface area contributed by atoms with E-state index < -0.39 is 0 Å². The van der Waals surface area contributed by atoms with Crippen molar-refractivity contribution in [3.05, 3.63) is 46.4 Å². The van der Waals surface area contributed by atoms with Gasteiger partial charge in [-0.2, -0.15) is 9.97 Å². The van der Waals surface area contributed by atoms with Gasteiger partial charge in [0.25, 0.3) is 0 Å². The second-order valence-electron chi connectivity index (χ2n) is 6.84. The minimum Gasteiger partial charge on any atom is -0.493 e. The van der Waals surface area contributed by atoms with Crippen LogP contribution in [0.3, 0.4) is 0 Å². The lowest BCUT2D eigenvalue weighted by Crippen LogP contribution is -2.37. The highest BCUT2D eigenvalue weighted by Gasteiger charge is 2.18. The fraction of sp³-hybridized carbons (Fsp3) is 0.364. The van der Waals surface area contributed by atoms with Crippen molar-refractivity contribution in [3.63, 3.8) is 0 Å². The first kappa shape index (κ1) is 20.7. The Morgan fingerprint density at radius 3 is 2.67 bits per heavy atom. The third-order valence-electron chi connectivity index (χ3n) is 5.01. The van der Waals surface area contributed by atoms with Crippen LogP contribution in [0.1, 0.15) is 5.56 Å². The fourth-order valence-electron chi connectivity index (χ4n) is 3.55. The van der Waals surface area contributed by atoms with Crippen LogP contribution in [0.2, 0.25) is 0 Å². The number of hydrogen-bond donors (Lipinski definition) is 0. The van der Waals surface area contributed by atoms with E-state index in [0.29, 0.717) is 38.0 Å². The molecule has 0 atom stereocenters.